The van der Waals surface area contributed by atoms with E-state index in [1.165, 1.54) is 18.3 Å². The van der Waals surface area contributed by atoms with Crippen molar-refractivity contribution in [2.24, 2.45) is 5.92 Å². The Kier molecular flexibility index (Phi) is 12.0. The van der Waals surface area contributed by atoms with Gasteiger partial charge in [-0.25, -0.2) is 14.6 Å². The number of amides is 4. The molecule has 0 saturated carbocycles. The molecule has 1 aliphatic rings. The van der Waals surface area contributed by atoms with E-state index >= 15 is 0 Å². The maximum atomic E-state index is 12.4. The minimum atomic E-state index is -1.25. The van der Waals surface area contributed by atoms with E-state index in [9.17, 15) is 29.4 Å². The topological polar surface area (TPSA) is 167 Å². The molecule has 254 valence electrons. The fourth-order valence-corrected chi connectivity index (χ4v) is 6.76. The van der Waals surface area contributed by atoms with Gasteiger partial charge in [-0.05, 0) is 91.5 Å². The summed E-state index contributed by atoms with van der Waals surface area (Å²) in [6, 6.07) is 7.46. The summed E-state index contributed by atoms with van der Waals surface area (Å²) in [6.07, 6.45) is -0.597. The first-order chi connectivity index (χ1) is 21.4. The maximum absolute atomic E-state index is 12.4. The minimum absolute atomic E-state index is 0.0476. The fraction of sp³-hybridized carbons (Fsp3) is 0.594. The van der Waals surface area contributed by atoms with Crippen molar-refractivity contribution in [1.82, 2.24) is 25.0 Å². The van der Waals surface area contributed by atoms with E-state index in [-0.39, 0.29) is 17.7 Å². The van der Waals surface area contributed by atoms with Gasteiger partial charge < -0.3 is 26.2 Å². The lowest BCUT2D eigenvalue weighted by Gasteiger charge is -2.48. The van der Waals surface area contributed by atoms with Gasteiger partial charge in [0.05, 0.1) is 11.6 Å². The molecule has 46 heavy (non-hydrogen) atoms. The van der Waals surface area contributed by atoms with Crippen molar-refractivity contribution >= 4 is 46.2 Å². The number of hydrogen-bond donors (Lipinski definition) is 5. The number of carbonyl (C=O) groups excluding carboxylic acids is 2. The van der Waals surface area contributed by atoms with Gasteiger partial charge in [0.25, 0.3) is 0 Å². The second-order valence-corrected chi connectivity index (χ2v) is 14.7. The van der Waals surface area contributed by atoms with Crippen LogP contribution in [-0.4, -0.2) is 91.4 Å². The largest absolute Gasteiger partial charge is 0.465 e. The third-order valence-electron chi connectivity index (χ3n) is 7.80. The standard InChI is InChI=1S/C32H49N7O6S/c1-20(40)34-27-36-24(25(46-27)19-37-17-9-10-22(18-37)26(41)33-8)16-13-21-11-14-23(15-12-21)35-28(38(29(42)43)31(2,3)4)39(30(44)45)32(5,6)7/h11-12,14-15,22,28,35H,9-10,13,16-19H2,1-8H3,(H,33,41)(H,42,43)(H,44,45)(H,34,36,40)/t22-/m0/s1. The number of nitrogens with one attached hydrogen (secondary N) is 3. The summed E-state index contributed by atoms with van der Waals surface area (Å²) in [6.45, 7) is 14.0. The molecule has 0 spiro atoms. The molecule has 2 heterocycles. The van der Waals surface area contributed by atoms with Crippen LogP contribution in [-0.2, 0) is 29.0 Å². The highest BCUT2D eigenvalue weighted by atomic mass is 32.1. The molecule has 1 aromatic carbocycles. The van der Waals surface area contributed by atoms with E-state index < -0.39 is 29.6 Å². The number of anilines is 2. The number of aryl methyl sites for hydroxylation is 2. The van der Waals surface area contributed by atoms with Gasteiger partial charge in [-0.1, -0.05) is 12.1 Å². The van der Waals surface area contributed by atoms with Gasteiger partial charge in [0.2, 0.25) is 11.8 Å². The zero-order valence-corrected chi connectivity index (χ0v) is 29.0. The van der Waals surface area contributed by atoms with Crippen LogP contribution in [0.15, 0.2) is 24.3 Å². The van der Waals surface area contributed by atoms with Crippen molar-refractivity contribution in [3.63, 3.8) is 0 Å². The molecule has 1 atom stereocenters. The van der Waals surface area contributed by atoms with E-state index in [1.807, 2.05) is 24.3 Å². The molecule has 1 saturated heterocycles. The summed E-state index contributed by atoms with van der Waals surface area (Å²) in [5, 5.41) is 29.5. The Morgan fingerprint density at radius 2 is 1.59 bits per heavy atom. The van der Waals surface area contributed by atoms with Gasteiger partial charge in [-0.15, -0.1) is 11.3 Å². The third kappa shape index (κ3) is 9.79. The number of nitrogens with zero attached hydrogens (tertiary/aromatic N) is 4. The summed E-state index contributed by atoms with van der Waals surface area (Å²) >= 11 is 1.45. The molecule has 5 N–H and O–H groups in total. The molecule has 4 amide bonds. The first-order valence-electron chi connectivity index (χ1n) is 15.5. The first-order valence-corrected chi connectivity index (χ1v) is 16.3. The number of benzene rings is 1. The lowest BCUT2D eigenvalue weighted by molar-refractivity contribution is -0.126. The Bertz CT molecular complexity index is 1350. The van der Waals surface area contributed by atoms with E-state index in [1.54, 1.807) is 48.6 Å². The minimum Gasteiger partial charge on any atom is -0.465 e. The van der Waals surface area contributed by atoms with Gasteiger partial charge >= 0.3 is 12.2 Å². The first kappa shape index (κ1) is 36.6. The van der Waals surface area contributed by atoms with Crippen molar-refractivity contribution in [3.8, 4) is 0 Å². The zero-order valence-electron chi connectivity index (χ0n) is 28.1. The summed E-state index contributed by atoms with van der Waals surface area (Å²) in [7, 11) is 1.66. The summed E-state index contributed by atoms with van der Waals surface area (Å²) in [5.74, 6) is -0.180. The van der Waals surface area contributed by atoms with Crippen molar-refractivity contribution in [1.29, 1.82) is 0 Å². The van der Waals surface area contributed by atoms with Crippen LogP contribution >= 0.6 is 11.3 Å². The highest BCUT2D eigenvalue weighted by Gasteiger charge is 2.43. The Balaban J connectivity index is 1.80. The normalized spacial score (nSPS) is 15.7. The van der Waals surface area contributed by atoms with Crippen LogP contribution in [0.2, 0.25) is 0 Å². The third-order valence-corrected chi connectivity index (χ3v) is 8.80. The number of thiazole rings is 1. The van der Waals surface area contributed by atoms with Gasteiger partial charge in [-0.2, -0.15) is 0 Å². The lowest BCUT2D eigenvalue weighted by atomic mass is 9.97. The smallest absolute Gasteiger partial charge is 0.410 e. The number of carboxylic acid groups (broad SMARTS) is 2. The van der Waals surface area contributed by atoms with Gasteiger partial charge in [0, 0.05) is 48.7 Å². The number of carbonyl (C=O) groups is 4. The van der Waals surface area contributed by atoms with Crippen LogP contribution in [0.25, 0.3) is 0 Å². The molecule has 1 fully saturated rings. The number of likely N-dealkylation sites (tertiary alicyclic amines) is 1. The molecule has 1 aliphatic heterocycles. The van der Waals surface area contributed by atoms with E-state index in [2.05, 4.69) is 20.9 Å². The molecule has 0 aliphatic carbocycles. The SMILES string of the molecule is CNC(=O)[C@H]1CCCN(Cc2sc(NC(C)=O)nc2CCc2ccc(NC(N(C(=O)O)C(C)(C)C)N(C(=O)O)C(C)(C)C)cc2)C1. The van der Waals surface area contributed by atoms with Gasteiger partial charge in [-0.3, -0.25) is 24.3 Å². The summed E-state index contributed by atoms with van der Waals surface area (Å²) in [5.41, 5.74) is 0.666. The average molecular weight is 660 g/mol. The van der Waals surface area contributed by atoms with Crippen LogP contribution in [0.1, 0.15) is 77.4 Å². The number of hydrogen-bond acceptors (Lipinski definition) is 8. The second-order valence-electron chi connectivity index (χ2n) is 13.6. The van der Waals surface area contributed by atoms with E-state index in [0.29, 0.717) is 36.8 Å². The van der Waals surface area contributed by atoms with E-state index in [0.717, 1.165) is 45.3 Å². The molecular weight excluding hydrogens is 610 g/mol. The zero-order chi connectivity index (χ0) is 34.4. The van der Waals surface area contributed by atoms with Crippen molar-refractivity contribution in [3.05, 3.63) is 40.4 Å². The highest BCUT2D eigenvalue weighted by Crippen LogP contribution is 2.30. The average Bonchev–Trinajstić information content (AvgIpc) is 3.30. The monoisotopic (exact) mass is 659 g/mol. The fourth-order valence-electron chi connectivity index (χ4n) is 5.67. The summed E-state index contributed by atoms with van der Waals surface area (Å²) < 4.78 is 0. The van der Waals surface area contributed by atoms with Gasteiger partial charge in [0.1, 0.15) is 0 Å². The van der Waals surface area contributed by atoms with Crippen molar-refractivity contribution in [2.45, 2.75) is 98.1 Å². The Morgan fingerprint density at radius 3 is 2.09 bits per heavy atom. The van der Waals surface area contributed by atoms with Crippen LogP contribution in [0.4, 0.5) is 20.4 Å². The maximum Gasteiger partial charge on any atom is 0.410 e. The van der Waals surface area contributed by atoms with Gasteiger partial charge in [0.15, 0.2) is 11.4 Å². The molecule has 14 heteroatoms. The Hall–Kier alpha value is -3.91. The number of piperidine rings is 1. The molecule has 13 nitrogen and oxygen atoms in total. The lowest BCUT2D eigenvalue weighted by Crippen LogP contribution is -2.66. The molecule has 1 aromatic heterocycles. The van der Waals surface area contributed by atoms with Crippen LogP contribution in [0.3, 0.4) is 0 Å². The van der Waals surface area contributed by atoms with Crippen LogP contribution in [0.5, 0.6) is 0 Å². The number of rotatable bonds is 11. The quantitative estimate of drug-likeness (QED) is 0.206. The highest BCUT2D eigenvalue weighted by molar-refractivity contribution is 7.15. The molecule has 0 unspecified atom stereocenters. The molecule has 0 bridgehead atoms. The van der Waals surface area contributed by atoms with E-state index in [4.69, 9.17) is 4.98 Å². The predicted molar refractivity (Wildman–Crippen MR) is 179 cm³/mol. The molecular formula is C32H49N7O6S. The molecule has 0 radical (unpaired) electrons. The molecule has 3 rings (SSSR count). The summed E-state index contributed by atoms with van der Waals surface area (Å²) in [4.78, 5) is 59.1. The Labute approximate surface area is 275 Å². The Morgan fingerprint density at radius 1 is 1.00 bits per heavy atom. The van der Waals surface area contributed by atoms with Crippen LogP contribution in [0, 0.1) is 5.92 Å². The predicted octanol–water partition coefficient (Wildman–Crippen LogP) is 5.10. The van der Waals surface area contributed by atoms with Crippen molar-refractivity contribution < 1.29 is 29.4 Å². The molecule has 2 aromatic rings. The van der Waals surface area contributed by atoms with Crippen LogP contribution < -0.4 is 16.0 Å². The second kappa shape index (κ2) is 15.1. The van der Waals surface area contributed by atoms with Crippen molar-refractivity contribution in [2.75, 3.05) is 30.8 Å². The number of aromatic nitrogens is 1.